The van der Waals surface area contributed by atoms with E-state index in [4.69, 9.17) is 4.74 Å². The van der Waals surface area contributed by atoms with Crippen LogP contribution in [0.3, 0.4) is 0 Å². The SMILES string of the molecule is COC[C@@H](C)Nc1ccccc1NC(=O)c1cccc(Nc2cnccn2)c1. The molecule has 3 aromatic rings. The molecule has 0 saturated carbocycles. The van der Waals surface area contributed by atoms with Crippen LogP contribution in [-0.4, -0.2) is 35.6 Å². The Hall–Kier alpha value is -3.45. The van der Waals surface area contributed by atoms with Crippen molar-refractivity contribution >= 4 is 28.8 Å². The molecular weight excluding hydrogens is 354 g/mol. The fourth-order valence-corrected chi connectivity index (χ4v) is 2.72. The highest BCUT2D eigenvalue weighted by Crippen LogP contribution is 2.23. The summed E-state index contributed by atoms with van der Waals surface area (Å²) in [6.45, 7) is 2.59. The third-order valence-corrected chi connectivity index (χ3v) is 3.95. The molecule has 1 atom stereocenters. The number of carbonyl (C=O) groups excluding carboxylic acids is 1. The highest BCUT2D eigenvalue weighted by Gasteiger charge is 2.11. The van der Waals surface area contributed by atoms with Gasteiger partial charge in [-0.15, -0.1) is 0 Å². The number of hydrogen-bond acceptors (Lipinski definition) is 6. The zero-order valence-corrected chi connectivity index (χ0v) is 15.8. The third-order valence-electron chi connectivity index (χ3n) is 3.95. The van der Waals surface area contributed by atoms with Gasteiger partial charge in [-0.05, 0) is 37.3 Å². The Bertz CT molecular complexity index is 917. The van der Waals surface area contributed by atoms with Crippen molar-refractivity contribution in [1.82, 2.24) is 9.97 Å². The van der Waals surface area contributed by atoms with Crippen molar-refractivity contribution in [3.8, 4) is 0 Å². The van der Waals surface area contributed by atoms with E-state index in [0.717, 1.165) is 11.4 Å². The second-order valence-corrected chi connectivity index (χ2v) is 6.30. The Labute approximate surface area is 164 Å². The molecule has 3 N–H and O–H groups in total. The van der Waals surface area contributed by atoms with Crippen LogP contribution in [0.15, 0.2) is 67.1 Å². The van der Waals surface area contributed by atoms with Gasteiger partial charge >= 0.3 is 0 Å². The Balaban J connectivity index is 1.72. The van der Waals surface area contributed by atoms with Gasteiger partial charge in [-0.2, -0.15) is 0 Å². The molecule has 0 unspecified atom stereocenters. The van der Waals surface area contributed by atoms with Gasteiger partial charge < -0.3 is 20.7 Å². The molecule has 1 aromatic heterocycles. The van der Waals surface area contributed by atoms with E-state index in [0.29, 0.717) is 23.7 Å². The molecular formula is C21H23N5O2. The summed E-state index contributed by atoms with van der Waals surface area (Å²) in [6.07, 6.45) is 4.83. The average molecular weight is 377 g/mol. The number of amides is 1. The maximum atomic E-state index is 12.8. The van der Waals surface area contributed by atoms with Gasteiger partial charge in [0.05, 0.1) is 24.2 Å². The van der Waals surface area contributed by atoms with E-state index < -0.39 is 0 Å². The molecule has 0 spiro atoms. The van der Waals surface area contributed by atoms with E-state index in [2.05, 4.69) is 25.9 Å². The van der Waals surface area contributed by atoms with Crippen LogP contribution in [-0.2, 0) is 4.74 Å². The van der Waals surface area contributed by atoms with Gasteiger partial charge in [0.15, 0.2) is 0 Å². The molecule has 0 radical (unpaired) electrons. The van der Waals surface area contributed by atoms with Crippen LogP contribution in [0.25, 0.3) is 0 Å². The van der Waals surface area contributed by atoms with Gasteiger partial charge in [0.1, 0.15) is 5.82 Å². The first-order valence-electron chi connectivity index (χ1n) is 8.94. The first-order valence-corrected chi connectivity index (χ1v) is 8.94. The van der Waals surface area contributed by atoms with Gasteiger partial charge in [0.25, 0.3) is 5.91 Å². The molecule has 0 fully saturated rings. The molecule has 0 bridgehead atoms. The van der Waals surface area contributed by atoms with Gasteiger partial charge in [-0.3, -0.25) is 9.78 Å². The minimum atomic E-state index is -0.198. The smallest absolute Gasteiger partial charge is 0.255 e. The Morgan fingerprint density at radius 3 is 2.68 bits per heavy atom. The van der Waals surface area contributed by atoms with Crippen molar-refractivity contribution in [3.63, 3.8) is 0 Å². The molecule has 28 heavy (non-hydrogen) atoms. The number of para-hydroxylation sites is 2. The number of hydrogen-bond donors (Lipinski definition) is 3. The van der Waals surface area contributed by atoms with Crippen molar-refractivity contribution in [1.29, 1.82) is 0 Å². The first-order chi connectivity index (χ1) is 13.7. The molecule has 0 aliphatic heterocycles. The minimum Gasteiger partial charge on any atom is -0.383 e. The lowest BCUT2D eigenvalue weighted by atomic mass is 10.1. The largest absolute Gasteiger partial charge is 0.383 e. The number of benzene rings is 2. The maximum Gasteiger partial charge on any atom is 0.255 e. The molecule has 144 valence electrons. The van der Waals surface area contributed by atoms with Crippen LogP contribution in [0.4, 0.5) is 22.9 Å². The molecule has 0 saturated heterocycles. The number of carbonyl (C=O) groups is 1. The highest BCUT2D eigenvalue weighted by atomic mass is 16.5. The first kappa shape index (κ1) is 19.3. The van der Waals surface area contributed by atoms with Crippen LogP contribution in [0.1, 0.15) is 17.3 Å². The molecule has 0 aliphatic rings. The van der Waals surface area contributed by atoms with Crippen molar-refractivity contribution in [2.75, 3.05) is 29.7 Å². The normalized spacial score (nSPS) is 11.5. The predicted molar refractivity (Wildman–Crippen MR) is 111 cm³/mol. The lowest BCUT2D eigenvalue weighted by Gasteiger charge is -2.18. The van der Waals surface area contributed by atoms with Crippen molar-refractivity contribution in [2.45, 2.75) is 13.0 Å². The summed E-state index contributed by atoms with van der Waals surface area (Å²) < 4.78 is 5.16. The van der Waals surface area contributed by atoms with Crippen LogP contribution in [0.2, 0.25) is 0 Å². The Morgan fingerprint density at radius 1 is 1.11 bits per heavy atom. The topological polar surface area (TPSA) is 88.2 Å². The van der Waals surface area contributed by atoms with E-state index in [9.17, 15) is 4.79 Å². The molecule has 0 aliphatic carbocycles. The quantitative estimate of drug-likeness (QED) is 0.551. The number of ether oxygens (including phenoxy) is 1. The monoisotopic (exact) mass is 377 g/mol. The average Bonchev–Trinajstić information content (AvgIpc) is 2.70. The highest BCUT2D eigenvalue weighted by molar-refractivity contribution is 6.06. The summed E-state index contributed by atoms with van der Waals surface area (Å²) in [5.74, 6) is 0.415. The Morgan fingerprint density at radius 2 is 1.93 bits per heavy atom. The fraction of sp³-hybridized carbons (Fsp3) is 0.190. The van der Waals surface area contributed by atoms with E-state index >= 15 is 0 Å². The van der Waals surface area contributed by atoms with Crippen molar-refractivity contribution in [3.05, 3.63) is 72.7 Å². The van der Waals surface area contributed by atoms with E-state index in [1.54, 1.807) is 37.8 Å². The maximum absolute atomic E-state index is 12.8. The van der Waals surface area contributed by atoms with Gasteiger partial charge in [0, 0.05) is 36.8 Å². The zero-order valence-electron chi connectivity index (χ0n) is 15.8. The molecule has 7 nitrogen and oxygen atoms in total. The minimum absolute atomic E-state index is 0.113. The summed E-state index contributed by atoms with van der Waals surface area (Å²) in [7, 11) is 1.66. The molecule has 7 heteroatoms. The van der Waals surface area contributed by atoms with Crippen LogP contribution in [0.5, 0.6) is 0 Å². The van der Waals surface area contributed by atoms with Crippen LogP contribution >= 0.6 is 0 Å². The number of rotatable bonds is 8. The number of aromatic nitrogens is 2. The van der Waals surface area contributed by atoms with E-state index in [1.165, 1.54) is 0 Å². The number of nitrogens with one attached hydrogen (secondary N) is 3. The second-order valence-electron chi connectivity index (χ2n) is 6.30. The molecule has 1 amide bonds. The summed E-state index contributed by atoms with van der Waals surface area (Å²) in [5.41, 5.74) is 2.85. The fourth-order valence-electron chi connectivity index (χ4n) is 2.72. The standard InChI is InChI=1S/C21H23N5O2/c1-15(14-28-2)24-18-8-3-4-9-19(18)26-21(27)16-6-5-7-17(12-16)25-20-13-22-10-11-23-20/h3-13,15,24H,14H2,1-2H3,(H,23,25)(H,26,27)/t15-/m1/s1. The zero-order chi connectivity index (χ0) is 19.8. The van der Waals surface area contributed by atoms with Crippen molar-refractivity contribution < 1.29 is 9.53 Å². The number of anilines is 4. The van der Waals surface area contributed by atoms with E-state index in [1.807, 2.05) is 43.3 Å². The third kappa shape index (κ3) is 5.28. The lowest BCUT2D eigenvalue weighted by molar-refractivity contribution is 0.102. The van der Waals surface area contributed by atoms with E-state index in [-0.39, 0.29) is 11.9 Å². The van der Waals surface area contributed by atoms with Gasteiger partial charge in [0.2, 0.25) is 0 Å². The summed E-state index contributed by atoms with van der Waals surface area (Å²) >= 11 is 0. The van der Waals surface area contributed by atoms with Crippen LogP contribution < -0.4 is 16.0 Å². The van der Waals surface area contributed by atoms with Crippen LogP contribution in [0, 0.1) is 0 Å². The molecule has 1 heterocycles. The second kappa shape index (κ2) is 9.48. The predicted octanol–water partition coefficient (Wildman–Crippen LogP) is 3.92. The summed E-state index contributed by atoms with van der Waals surface area (Å²) in [6, 6.07) is 14.9. The number of nitrogens with zero attached hydrogens (tertiary/aromatic N) is 2. The summed E-state index contributed by atoms with van der Waals surface area (Å²) in [5, 5.41) is 9.45. The van der Waals surface area contributed by atoms with Crippen molar-refractivity contribution in [2.24, 2.45) is 0 Å². The van der Waals surface area contributed by atoms with Gasteiger partial charge in [-0.1, -0.05) is 18.2 Å². The Kier molecular flexibility index (Phi) is 6.54. The molecule has 3 rings (SSSR count). The lowest BCUT2D eigenvalue weighted by Crippen LogP contribution is -2.22. The summed E-state index contributed by atoms with van der Waals surface area (Å²) in [4.78, 5) is 21.0. The van der Waals surface area contributed by atoms with Gasteiger partial charge in [-0.25, -0.2) is 4.98 Å². The molecule has 2 aromatic carbocycles. The number of methoxy groups -OCH3 is 1.